The van der Waals surface area contributed by atoms with Gasteiger partial charge in [0, 0.05) is 19.0 Å². The minimum absolute atomic E-state index is 0.100. The number of thiocarbonyl (C=S) groups is 1. The molecule has 0 aliphatic rings. The number of ether oxygens (including phenoxy) is 1. The molecule has 0 heterocycles. The van der Waals surface area contributed by atoms with Gasteiger partial charge in [-0.25, -0.2) is 4.79 Å². The predicted molar refractivity (Wildman–Crippen MR) is 60.3 cm³/mol. The zero-order valence-electron chi connectivity index (χ0n) is 8.95. The Bertz CT molecular complexity index is 207. The fourth-order valence-corrected chi connectivity index (χ4v) is 1.09. The number of nitrogens with zero attached hydrogens (tertiary/aromatic N) is 1. The van der Waals surface area contributed by atoms with Gasteiger partial charge in [-0.2, -0.15) is 0 Å². The van der Waals surface area contributed by atoms with Crippen LogP contribution in [0.15, 0.2) is 0 Å². The third-order valence-corrected chi connectivity index (χ3v) is 1.93. The lowest BCUT2D eigenvalue weighted by molar-refractivity contribution is 0.0973. The van der Waals surface area contributed by atoms with Gasteiger partial charge in [-0.15, -0.1) is 0 Å². The molecule has 0 atom stereocenters. The Balaban J connectivity index is 4.14. The van der Waals surface area contributed by atoms with Crippen molar-refractivity contribution < 1.29 is 9.53 Å². The third kappa shape index (κ3) is 5.01. The Kier molecular flexibility index (Phi) is 6.19. The highest BCUT2D eigenvalue weighted by Crippen LogP contribution is 2.03. The fourth-order valence-electron chi connectivity index (χ4n) is 0.997. The molecule has 0 aromatic heterocycles. The average molecular weight is 218 g/mol. The molecule has 0 saturated heterocycles. The number of nitrogens with two attached hydrogens (primary N) is 1. The molecule has 0 bridgehead atoms. The van der Waals surface area contributed by atoms with E-state index in [1.165, 1.54) is 0 Å². The summed E-state index contributed by atoms with van der Waals surface area (Å²) in [5.74, 6) is 0. The van der Waals surface area contributed by atoms with Crippen LogP contribution in [0.4, 0.5) is 4.79 Å². The zero-order chi connectivity index (χ0) is 11.1. The van der Waals surface area contributed by atoms with Gasteiger partial charge in [0.2, 0.25) is 0 Å². The van der Waals surface area contributed by atoms with Crippen molar-refractivity contribution >= 4 is 23.3 Å². The molecule has 0 aliphatic heterocycles. The molecule has 0 spiro atoms. The average Bonchev–Trinajstić information content (AvgIpc) is 2.03. The first kappa shape index (κ1) is 13.2. The fraction of sp³-hybridized carbons (Fsp3) is 0.778. The summed E-state index contributed by atoms with van der Waals surface area (Å²) >= 11 is 4.75. The van der Waals surface area contributed by atoms with Crippen molar-refractivity contribution in [1.29, 1.82) is 0 Å². The van der Waals surface area contributed by atoms with Crippen molar-refractivity contribution in [2.24, 2.45) is 5.73 Å². The lowest BCUT2D eigenvalue weighted by Gasteiger charge is -2.25. The Morgan fingerprint density at radius 1 is 1.57 bits per heavy atom. The second-order valence-corrected chi connectivity index (χ2v) is 3.73. The van der Waals surface area contributed by atoms with Crippen LogP contribution in [-0.2, 0) is 4.74 Å². The molecule has 0 aliphatic carbocycles. The summed E-state index contributed by atoms with van der Waals surface area (Å²) in [5, 5.41) is 0. The molecular formula is C9H18N2O2S. The Morgan fingerprint density at radius 3 is 2.50 bits per heavy atom. The van der Waals surface area contributed by atoms with Crippen LogP contribution in [-0.4, -0.2) is 35.2 Å². The van der Waals surface area contributed by atoms with E-state index in [0.29, 0.717) is 24.6 Å². The predicted octanol–water partition coefficient (Wildman–Crippen LogP) is 1.53. The first-order valence-corrected chi connectivity index (χ1v) is 5.11. The van der Waals surface area contributed by atoms with E-state index in [2.05, 4.69) is 0 Å². The Morgan fingerprint density at radius 2 is 2.14 bits per heavy atom. The molecule has 14 heavy (non-hydrogen) atoms. The monoisotopic (exact) mass is 218 g/mol. The quantitative estimate of drug-likeness (QED) is 0.711. The van der Waals surface area contributed by atoms with E-state index in [-0.39, 0.29) is 12.1 Å². The number of amides is 1. The van der Waals surface area contributed by atoms with Crippen LogP contribution in [0.1, 0.15) is 27.2 Å². The van der Waals surface area contributed by atoms with Gasteiger partial charge in [0.25, 0.3) is 0 Å². The minimum atomic E-state index is -0.307. The first-order chi connectivity index (χ1) is 6.49. The number of hydrogen-bond acceptors (Lipinski definition) is 3. The first-order valence-electron chi connectivity index (χ1n) is 4.70. The number of hydrogen-bond donors (Lipinski definition) is 1. The third-order valence-electron chi connectivity index (χ3n) is 1.72. The van der Waals surface area contributed by atoms with Crippen LogP contribution in [0.2, 0.25) is 0 Å². The van der Waals surface area contributed by atoms with Crippen molar-refractivity contribution in [3.05, 3.63) is 0 Å². The van der Waals surface area contributed by atoms with E-state index >= 15 is 0 Å². The maximum Gasteiger partial charge on any atom is 0.409 e. The van der Waals surface area contributed by atoms with Crippen LogP contribution < -0.4 is 5.73 Å². The molecule has 1 amide bonds. The van der Waals surface area contributed by atoms with E-state index in [9.17, 15) is 4.79 Å². The van der Waals surface area contributed by atoms with Crippen molar-refractivity contribution in [2.75, 3.05) is 13.2 Å². The van der Waals surface area contributed by atoms with Crippen LogP contribution in [0.25, 0.3) is 0 Å². The summed E-state index contributed by atoms with van der Waals surface area (Å²) in [7, 11) is 0. The second kappa shape index (κ2) is 6.59. The Labute approximate surface area is 90.4 Å². The summed E-state index contributed by atoms with van der Waals surface area (Å²) < 4.78 is 4.90. The van der Waals surface area contributed by atoms with E-state index < -0.39 is 0 Å². The van der Waals surface area contributed by atoms with Crippen molar-refractivity contribution in [3.63, 3.8) is 0 Å². The number of carbonyl (C=O) groups excluding carboxylic acids is 1. The summed E-state index contributed by atoms with van der Waals surface area (Å²) in [6.07, 6.45) is 0.227. The van der Waals surface area contributed by atoms with E-state index in [1.54, 1.807) is 11.8 Å². The van der Waals surface area contributed by atoms with Gasteiger partial charge in [-0.05, 0) is 20.8 Å². The van der Waals surface area contributed by atoms with E-state index in [4.69, 9.17) is 22.7 Å². The van der Waals surface area contributed by atoms with E-state index in [0.717, 1.165) is 0 Å². The molecule has 82 valence electrons. The van der Waals surface area contributed by atoms with Crippen molar-refractivity contribution in [1.82, 2.24) is 4.90 Å². The number of carbonyl (C=O) groups is 1. The van der Waals surface area contributed by atoms with Gasteiger partial charge in [0.05, 0.1) is 11.6 Å². The van der Waals surface area contributed by atoms with Gasteiger partial charge >= 0.3 is 6.09 Å². The van der Waals surface area contributed by atoms with Gasteiger partial charge < -0.3 is 15.4 Å². The van der Waals surface area contributed by atoms with Crippen LogP contribution >= 0.6 is 12.2 Å². The molecule has 0 fully saturated rings. The summed E-state index contributed by atoms with van der Waals surface area (Å²) in [6, 6.07) is 0.100. The molecule has 4 nitrogen and oxygen atoms in total. The maximum absolute atomic E-state index is 11.4. The highest BCUT2D eigenvalue weighted by atomic mass is 32.1. The van der Waals surface area contributed by atoms with Gasteiger partial charge in [0.15, 0.2) is 0 Å². The minimum Gasteiger partial charge on any atom is -0.450 e. The normalized spacial score (nSPS) is 10.0. The largest absolute Gasteiger partial charge is 0.450 e. The van der Waals surface area contributed by atoms with Crippen LogP contribution in [0.3, 0.4) is 0 Å². The molecular weight excluding hydrogens is 200 g/mol. The van der Waals surface area contributed by atoms with Gasteiger partial charge in [-0.3, -0.25) is 0 Å². The molecule has 2 N–H and O–H groups in total. The summed E-state index contributed by atoms with van der Waals surface area (Å²) in [5.41, 5.74) is 5.37. The molecule has 0 rings (SSSR count). The lowest BCUT2D eigenvalue weighted by atomic mass is 10.3. The maximum atomic E-state index is 11.4. The highest BCUT2D eigenvalue weighted by molar-refractivity contribution is 7.80. The van der Waals surface area contributed by atoms with Crippen LogP contribution in [0, 0.1) is 0 Å². The molecule has 5 heteroatoms. The Hall–Kier alpha value is -0.840. The highest BCUT2D eigenvalue weighted by Gasteiger charge is 2.17. The van der Waals surface area contributed by atoms with Gasteiger partial charge in [-0.1, -0.05) is 12.2 Å². The lowest BCUT2D eigenvalue weighted by Crippen LogP contribution is -2.39. The topological polar surface area (TPSA) is 55.6 Å². The molecule has 0 aromatic rings. The van der Waals surface area contributed by atoms with Crippen LogP contribution in [0.5, 0.6) is 0 Å². The summed E-state index contributed by atoms with van der Waals surface area (Å²) in [4.78, 5) is 13.4. The zero-order valence-corrected chi connectivity index (χ0v) is 9.76. The van der Waals surface area contributed by atoms with Crippen molar-refractivity contribution in [3.8, 4) is 0 Å². The van der Waals surface area contributed by atoms with Gasteiger partial charge in [0.1, 0.15) is 0 Å². The molecule has 0 aromatic carbocycles. The molecule has 0 radical (unpaired) electrons. The molecule has 0 unspecified atom stereocenters. The molecule has 0 saturated carbocycles. The summed E-state index contributed by atoms with van der Waals surface area (Å²) in [6.45, 7) is 6.54. The van der Waals surface area contributed by atoms with E-state index in [1.807, 2.05) is 13.8 Å². The van der Waals surface area contributed by atoms with Crippen molar-refractivity contribution in [2.45, 2.75) is 33.2 Å². The number of rotatable bonds is 5. The smallest absolute Gasteiger partial charge is 0.409 e. The second-order valence-electron chi connectivity index (χ2n) is 3.20. The SMILES string of the molecule is CCOC(=O)N(CCC(N)=S)C(C)C. The standard InChI is InChI=1S/C9H18N2O2S/c1-4-13-9(12)11(7(2)3)6-5-8(10)14/h7H,4-6H2,1-3H3,(H2,10,14).